The molecule has 0 aromatic rings. The third-order valence-corrected chi connectivity index (χ3v) is 1.26. The molecule has 0 aliphatic rings. The summed E-state index contributed by atoms with van der Waals surface area (Å²) in [6, 6.07) is 0. The van der Waals surface area contributed by atoms with E-state index in [-0.39, 0.29) is 25.9 Å². The van der Waals surface area contributed by atoms with Gasteiger partial charge >= 0.3 is 11.9 Å². The summed E-state index contributed by atoms with van der Waals surface area (Å²) in [5.41, 5.74) is 0. The van der Waals surface area contributed by atoms with Gasteiger partial charge in [0.15, 0.2) is 0 Å². The molecule has 0 saturated heterocycles. The third-order valence-electron chi connectivity index (χ3n) is 1.26. The zero-order valence-corrected chi connectivity index (χ0v) is 29.0. The van der Waals surface area contributed by atoms with Gasteiger partial charge in [0.1, 0.15) is 0 Å². The molecular formula is C6H10O4Rf3Rh. The maximum Gasteiger partial charge on any atom is 0.307 e. The van der Waals surface area contributed by atoms with E-state index >= 15 is 0 Å². The number of carboxylic acid groups (broad SMARTS) is 2. The van der Waals surface area contributed by atoms with Gasteiger partial charge in [-0.2, -0.15) is 0 Å². The predicted octanol–water partition coefficient (Wildman–Crippen LogP) is 0.569. The molecule has 14 heavy (non-hydrogen) atoms. The van der Waals surface area contributed by atoms with Crippen LogP contribution in [0.15, 0.2) is 0 Å². The van der Waals surface area contributed by atoms with E-state index < -0.39 is 17.9 Å². The largest absolute Gasteiger partial charge is 0.481 e. The molecule has 0 fully saturated rings. The quantitative estimate of drug-likeness (QED) is 0.405. The average Bonchev–Trinajstić information content (AvgIpc) is 1.81. The second kappa shape index (κ2) is 12.3. The Morgan fingerprint density at radius 2 is 1.50 bits per heavy atom. The number of carboxylic acids is 2. The van der Waals surface area contributed by atoms with E-state index in [9.17, 15) is 9.59 Å². The SMILES string of the molecule is CCC(CC(=O)O)C(=O)O.[Rf].[Rf].[Rf].[Rh]. The molecule has 8 heteroatoms. The summed E-state index contributed by atoms with van der Waals surface area (Å²) in [4.78, 5) is 20.2. The van der Waals surface area contributed by atoms with Crippen LogP contribution in [0.2, 0.25) is 0 Å². The van der Waals surface area contributed by atoms with E-state index in [1.807, 2.05) is 0 Å². The topological polar surface area (TPSA) is 74.6 Å². The van der Waals surface area contributed by atoms with E-state index in [0.717, 1.165) is 0 Å². The van der Waals surface area contributed by atoms with Gasteiger partial charge < -0.3 is 10.2 Å². The molecule has 2 N–H and O–H groups in total. The van der Waals surface area contributed by atoms with Gasteiger partial charge in [0, 0.05) is 19.5 Å². The van der Waals surface area contributed by atoms with Crippen molar-refractivity contribution in [1.29, 1.82) is 0 Å². The predicted molar refractivity (Wildman–Crippen MR) is 33.7 cm³/mol. The van der Waals surface area contributed by atoms with Crippen molar-refractivity contribution < 1.29 is 39.3 Å². The first-order valence-electron chi connectivity index (χ1n) is 3.02. The van der Waals surface area contributed by atoms with E-state index in [0.29, 0.717) is 6.42 Å². The van der Waals surface area contributed by atoms with Crippen LogP contribution in [0, 0.1) is 5.92 Å². The summed E-state index contributed by atoms with van der Waals surface area (Å²) in [5.74, 6) is -2.84. The second-order valence-corrected chi connectivity index (χ2v) is 2.04. The van der Waals surface area contributed by atoms with Crippen LogP contribution in [0.5, 0.6) is 0 Å². The van der Waals surface area contributed by atoms with Crippen molar-refractivity contribution in [2.45, 2.75) is 19.8 Å². The fourth-order valence-corrected chi connectivity index (χ4v) is 0.617. The average molecular weight is 1050 g/mol. The Morgan fingerprint density at radius 1 is 1.14 bits per heavy atom. The van der Waals surface area contributed by atoms with Gasteiger partial charge in [-0.1, -0.05) is 6.92 Å². The molecule has 0 aromatic heterocycles. The van der Waals surface area contributed by atoms with Crippen LogP contribution in [0.3, 0.4) is 0 Å². The van der Waals surface area contributed by atoms with Crippen LogP contribution in [-0.4, -0.2) is 22.2 Å². The Bertz CT molecular complexity index is 156. The van der Waals surface area contributed by atoms with Crippen molar-refractivity contribution in [3.63, 3.8) is 0 Å². The molecule has 0 amide bonds. The zero-order valence-electron chi connectivity index (χ0n) is 8.16. The normalized spacial score (nSPS) is 8.93. The fourth-order valence-electron chi connectivity index (χ4n) is 0.617. The van der Waals surface area contributed by atoms with Gasteiger partial charge in [0.2, 0.25) is 0 Å². The van der Waals surface area contributed by atoms with Gasteiger partial charge in [-0.25, -0.2) is 0 Å². The van der Waals surface area contributed by atoms with E-state index in [1.165, 1.54) is 0 Å². The minimum Gasteiger partial charge on any atom is -0.481 e. The minimum atomic E-state index is -1.06. The Balaban J connectivity index is -0.0000000675. The molecule has 0 heterocycles. The van der Waals surface area contributed by atoms with Gasteiger partial charge in [-0.3, -0.25) is 9.59 Å². The monoisotopic (exact) mass is 1050 g/mol. The molecule has 0 aromatic carbocycles. The summed E-state index contributed by atoms with van der Waals surface area (Å²) in [7, 11) is 0. The first kappa shape index (κ1) is 31.2. The molecule has 0 aliphatic carbocycles. The Kier molecular flexibility index (Phi) is 27.3. The van der Waals surface area contributed by atoms with Gasteiger partial charge in [-0.15, -0.1) is 0 Å². The van der Waals surface area contributed by atoms with Gasteiger partial charge in [-0.05, 0) is 6.42 Å². The zero-order chi connectivity index (χ0) is 8.15. The van der Waals surface area contributed by atoms with Gasteiger partial charge in [0.05, 0.1) is 12.3 Å². The summed E-state index contributed by atoms with van der Waals surface area (Å²) in [5, 5.41) is 16.6. The molecule has 0 aliphatic heterocycles. The minimum absolute atomic E-state index is 0. The van der Waals surface area contributed by atoms with Crippen LogP contribution >= 0.6 is 0 Å². The fraction of sp³-hybridized carbons (Fsp3) is 0.667. The molecule has 0 rings (SSSR count). The van der Waals surface area contributed by atoms with Crippen molar-refractivity contribution >= 4 is 11.9 Å². The third kappa shape index (κ3) is 11.4. The Labute approximate surface area is 77.4 Å². The molecule has 0 saturated carbocycles. The van der Waals surface area contributed by atoms with Crippen molar-refractivity contribution in [3.8, 4) is 0 Å². The number of hydrogen-bond acceptors (Lipinski definition) is 2. The second-order valence-electron chi connectivity index (χ2n) is 2.04. The Morgan fingerprint density at radius 3 is 1.57 bits per heavy atom. The van der Waals surface area contributed by atoms with Crippen molar-refractivity contribution in [2.24, 2.45) is 5.92 Å². The smallest absolute Gasteiger partial charge is 0.307 e. The molecule has 4 nitrogen and oxygen atoms in total. The maximum absolute atomic E-state index is 10.2. The number of carbonyl (C=O) groups is 2. The maximum atomic E-state index is 10.2. The molecule has 0 bridgehead atoms. The van der Waals surface area contributed by atoms with Gasteiger partial charge in [0.25, 0.3) is 0 Å². The molecular weight excluding hydrogens is 1040 g/mol. The van der Waals surface area contributed by atoms with E-state index in [2.05, 4.69) is 0 Å². The molecule has 1 radical (unpaired) electrons. The number of rotatable bonds is 4. The van der Waals surface area contributed by atoms with Crippen LogP contribution in [0.25, 0.3) is 0 Å². The van der Waals surface area contributed by atoms with Crippen molar-refractivity contribution in [3.05, 3.63) is 0 Å². The van der Waals surface area contributed by atoms with E-state index in [1.54, 1.807) is 6.92 Å². The Hall–Kier alpha value is -3.44. The molecule has 1 unspecified atom stereocenters. The molecule has 0 spiro atoms. The van der Waals surface area contributed by atoms with Crippen LogP contribution in [0.4, 0.5) is 0 Å². The standard InChI is InChI=1S/C6H10O4.3Rf.Rh/c1-2-4(6(9)10)3-5(7)8;;;;/h4H,2-3H2,1H3,(H,7,8)(H,9,10);;;;. The summed E-state index contributed by atoms with van der Waals surface area (Å²) >= 11 is 0. The summed E-state index contributed by atoms with van der Waals surface area (Å²) < 4.78 is 0. The van der Waals surface area contributed by atoms with Crippen LogP contribution < -0.4 is 0 Å². The van der Waals surface area contributed by atoms with Crippen LogP contribution in [0.1, 0.15) is 19.8 Å². The first-order valence-corrected chi connectivity index (χ1v) is 3.02. The van der Waals surface area contributed by atoms with Crippen molar-refractivity contribution in [1.82, 2.24) is 0 Å². The first-order chi connectivity index (χ1) is 4.57. The number of hydrogen-bond donors (Lipinski definition) is 2. The van der Waals surface area contributed by atoms with Crippen molar-refractivity contribution in [2.75, 3.05) is 0 Å². The summed E-state index contributed by atoms with van der Waals surface area (Å²) in [6.45, 7) is 1.65. The van der Waals surface area contributed by atoms with Crippen LogP contribution in [-0.2, 0) is 29.1 Å². The van der Waals surface area contributed by atoms with E-state index in [4.69, 9.17) is 10.2 Å². The molecule has 73 valence electrons. The summed E-state index contributed by atoms with van der Waals surface area (Å²) in [6.07, 6.45) is 0.0769. The number of aliphatic carboxylic acids is 2. The molecule has 1 atom stereocenters.